The maximum Gasteiger partial charge on any atom is 0.305 e. The zero-order valence-corrected chi connectivity index (χ0v) is 11.2. The molecule has 0 fully saturated rings. The fourth-order valence-electron chi connectivity index (χ4n) is 1.18. The molecule has 1 aromatic heterocycles. The molecule has 0 bridgehead atoms. The lowest BCUT2D eigenvalue weighted by Gasteiger charge is -2.16. The molecule has 0 aliphatic carbocycles. The topological polar surface area (TPSA) is 29.5 Å². The van der Waals surface area contributed by atoms with E-state index in [0.717, 1.165) is 16.8 Å². The molecule has 84 valence electrons. The van der Waals surface area contributed by atoms with E-state index in [2.05, 4.69) is 31.6 Å². The quantitative estimate of drug-likeness (QED) is 0.782. The molecule has 1 rings (SSSR count). The Bertz CT molecular complexity index is 327. The second-order valence-electron chi connectivity index (χ2n) is 3.18. The van der Waals surface area contributed by atoms with Gasteiger partial charge in [0, 0.05) is 20.0 Å². The number of ether oxygens (including phenoxy) is 1. The summed E-state index contributed by atoms with van der Waals surface area (Å²) < 4.78 is 5.70. The summed E-state index contributed by atoms with van der Waals surface area (Å²) >= 11 is 5.11. The summed E-state index contributed by atoms with van der Waals surface area (Å²) in [5, 5.41) is 1.20. The highest BCUT2D eigenvalue weighted by molar-refractivity contribution is 9.11. The molecule has 1 aromatic rings. The molecule has 0 saturated heterocycles. The Balaban J connectivity index is 2.30. The van der Waals surface area contributed by atoms with Gasteiger partial charge in [-0.25, -0.2) is 0 Å². The minimum absolute atomic E-state index is 0.143. The minimum Gasteiger partial charge on any atom is -0.469 e. The number of rotatable bonds is 5. The van der Waals surface area contributed by atoms with E-state index in [9.17, 15) is 4.79 Å². The van der Waals surface area contributed by atoms with Crippen molar-refractivity contribution in [3.05, 3.63) is 15.9 Å². The summed E-state index contributed by atoms with van der Waals surface area (Å²) in [5.74, 6) is -0.143. The van der Waals surface area contributed by atoms with Gasteiger partial charge in [-0.1, -0.05) is 0 Å². The van der Waals surface area contributed by atoms with Crippen LogP contribution in [0.25, 0.3) is 0 Å². The fraction of sp³-hybridized carbons (Fsp3) is 0.500. The highest BCUT2D eigenvalue weighted by atomic mass is 79.9. The van der Waals surface area contributed by atoms with Crippen LogP contribution in [0.3, 0.4) is 0 Å². The normalized spacial score (nSPS) is 10.1. The highest BCUT2D eigenvalue weighted by Gasteiger charge is 2.05. The number of nitrogens with zero attached hydrogens (tertiary/aromatic N) is 1. The first-order valence-electron chi connectivity index (χ1n) is 4.67. The maximum atomic E-state index is 10.9. The van der Waals surface area contributed by atoms with Crippen LogP contribution in [0.4, 0.5) is 5.00 Å². The fourth-order valence-corrected chi connectivity index (χ4v) is 2.53. The van der Waals surface area contributed by atoms with Crippen molar-refractivity contribution in [2.75, 3.05) is 25.6 Å². The summed E-state index contributed by atoms with van der Waals surface area (Å²) in [6.07, 6.45) is 1.30. The van der Waals surface area contributed by atoms with Crippen LogP contribution in [0, 0.1) is 0 Å². The van der Waals surface area contributed by atoms with Crippen molar-refractivity contribution in [1.29, 1.82) is 0 Å². The van der Waals surface area contributed by atoms with Crippen molar-refractivity contribution in [2.24, 2.45) is 0 Å². The van der Waals surface area contributed by atoms with Crippen LogP contribution in [-0.2, 0) is 9.53 Å². The summed E-state index contributed by atoms with van der Waals surface area (Å²) in [6.45, 7) is 0.863. The highest BCUT2D eigenvalue weighted by Crippen LogP contribution is 2.29. The average Bonchev–Trinajstić information content (AvgIpc) is 2.64. The first-order chi connectivity index (χ1) is 7.13. The van der Waals surface area contributed by atoms with Crippen LogP contribution in [0.2, 0.25) is 0 Å². The van der Waals surface area contributed by atoms with Crippen molar-refractivity contribution in [3.63, 3.8) is 0 Å². The number of methoxy groups -OCH3 is 1. The van der Waals surface area contributed by atoms with Gasteiger partial charge in [0.25, 0.3) is 0 Å². The van der Waals surface area contributed by atoms with Crippen molar-refractivity contribution in [2.45, 2.75) is 12.8 Å². The molecule has 0 atom stereocenters. The first-order valence-corrected chi connectivity index (χ1v) is 6.27. The monoisotopic (exact) mass is 291 g/mol. The number of anilines is 1. The molecule has 0 aromatic carbocycles. The maximum absolute atomic E-state index is 10.9. The number of hydrogen-bond acceptors (Lipinski definition) is 4. The molecule has 0 aliphatic rings. The van der Waals surface area contributed by atoms with E-state index in [-0.39, 0.29) is 5.97 Å². The third kappa shape index (κ3) is 4.22. The second kappa shape index (κ2) is 6.12. The Kier molecular flexibility index (Phi) is 5.11. The number of hydrogen-bond donors (Lipinski definition) is 0. The SMILES string of the molecule is COC(=O)CCCN(C)c1ccc(Br)s1. The Labute approximate surface area is 102 Å². The van der Waals surface area contributed by atoms with Crippen LogP contribution in [0.5, 0.6) is 0 Å². The van der Waals surface area contributed by atoms with E-state index in [1.807, 2.05) is 13.1 Å². The Morgan fingerprint density at radius 3 is 2.87 bits per heavy atom. The van der Waals surface area contributed by atoms with Gasteiger partial charge in [0.1, 0.15) is 0 Å². The minimum atomic E-state index is -0.143. The van der Waals surface area contributed by atoms with Crippen molar-refractivity contribution < 1.29 is 9.53 Å². The number of halogens is 1. The number of carbonyl (C=O) groups excluding carboxylic acids is 1. The summed E-state index contributed by atoms with van der Waals surface area (Å²) in [4.78, 5) is 13.0. The van der Waals surface area contributed by atoms with Gasteiger partial charge in [0.2, 0.25) is 0 Å². The molecule has 0 amide bonds. The van der Waals surface area contributed by atoms with E-state index >= 15 is 0 Å². The van der Waals surface area contributed by atoms with Crippen LogP contribution in [0.1, 0.15) is 12.8 Å². The van der Waals surface area contributed by atoms with Crippen molar-refractivity contribution in [1.82, 2.24) is 0 Å². The molecule has 0 radical (unpaired) electrons. The van der Waals surface area contributed by atoms with Gasteiger partial charge in [-0.15, -0.1) is 11.3 Å². The van der Waals surface area contributed by atoms with Crippen molar-refractivity contribution >= 4 is 38.2 Å². The van der Waals surface area contributed by atoms with Crippen LogP contribution in [0.15, 0.2) is 15.9 Å². The second-order valence-corrected chi connectivity index (χ2v) is 5.62. The number of thiophene rings is 1. The van der Waals surface area contributed by atoms with Gasteiger partial charge in [0.05, 0.1) is 15.9 Å². The average molecular weight is 292 g/mol. The lowest BCUT2D eigenvalue weighted by Crippen LogP contribution is -2.18. The van der Waals surface area contributed by atoms with Gasteiger partial charge in [-0.2, -0.15) is 0 Å². The summed E-state index contributed by atoms with van der Waals surface area (Å²) in [7, 11) is 3.44. The third-order valence-corrected chi connectivity index (χ3v) is 3.78. The molecule has 1 heterocycles. The number of carbonyl (C=O) groups is 1. The van der Waals surface area contributed by atoms with Gasteiger partial charge < -0.3 is 9.64 Å². The lowest BCUT2D eigenvalue weighted by molar-refractivity contribution is -0.140. The molecule has 0 spiro atoms. The molecular weight excluding hydrogens is 278 g/mol. The van der Waals surface area contributed by atoms with Crippen LogP contribution >= 0.6 is 27.3 Å². The zero-order chi connectivity index (χ0) is 11.3. The van der Waals surface area contributed by atoms with Gasteiger partial charge in [-0.05, 0) is 34.5 Å². The van der Waals surface area contributed by atoms with Crippen molar-refractivity contribution in [3.8, 4) is 0 Å². The Morgan fingerprint density at radius 1 is 1.60 bits per heavy atom. The van der Waals surface area contributed by atoms with E-state index < -0.39 is 0 Å². The predicted molar refractivity (Wildman–Crippen MR) is 66.5 cm³/mol. The van der Waals surface area contributed by atoms with E-state index in [1.165, 1.54) is 12.1 Å². The molecule has 5 heteroatoms. The lowest BCUT2D eigenvalue weighted by atomic mass is 10.3. The molecule has 0 aliphatic heterocycles. The van der Waals surface area contributed by atoms with E-state index in [0.29, 0.717) is 6.42 Å². The largest absolute Gasteiger partial charge is 0.469 e. The Hall–Kier alpha value is -0.550. The first kappa shape index (κ1) is 12.5. The molecule has 15 heavy (non-hydrogen) atoms. The summed E-state index contributed by atoms with van der Waals surface area (Å²) in [5.41, 5.74) is 0. The molecular formula is C10H14BrNO2S. The molecule has 0 saturated carbocycles. The standard InChI is InChI=1S/C10H14BrNO2S/c1-12(7-3-4-10(13)14-2)9-6-5-8(11)15-9/h5-6H,3-4,7H2,1-2H3. The van der Waals surface area contributed by atoms with Gasteiger partial charge in [0.15, 0.2) is 0 Å². The Morgan fingerprint density at radius 2 is 2.33 bits per heavy atom. The van der Waals surface area contributed by atoms with Crippen LogP contribution in [-0.4, -0.2) is 26.7 Å². The molecule has 3 nitrogen and oxygen atoms in total. The summed E-state index contributed by atoms with van der Waals surface area (Å²) in [6, 6.07) is 4.09. The smallest absolute Gasteiger partial charge is 0.305 e. The predicted octanol–water partition coefficient (Wildman–Crippen LogP) is 2.90. The molecule has 0 unspecified atom stereocenters. The number of esters is 1. The molecule has 0 N–H and O–H groups in total. The van der Waals surface area contributed by atoms with E-state index in [1.54, 1.807) is 11.3 Å². The third-order valence-electron chi connectivity index (χ3n) is 2.04. The van der Waals surface area contributed by atoms with E-state index in [4.69, 9.17) is 0 Å². The van der Waals surface area contributed by atoms with Gasteiger partial charge >= 0.3 is 5.97 Å². The zero-order valence-electron chi connectivity index (χ0n) is 8.83. The van der Waals surface area contributed by atoms with Crippen LogP contribution < -0.4 is 4.90 Å². The van der Waals surface area contributed by atoms with Gasteiger partial charge in [-0.3, -0.25) is 4.79 Å².